The molecule has 0 aliphatic heterocycles. The number of benzene rings is 1. The van der Waals surface area contributed by atoms with Crippen LogP contribution in [0.1, 0.15) is 12.5 Å². The molecule has 1 rings (SSSR count). The number of hydrogen-bond donors (Lipinski definition) is 0. The Morgan fingerprint density at radius 2 is 1.95 bits per heavy atom. The molecule has 0 atom stereocenters. The number of nitrogens with zero attached hydrogens (tertiary/aromatic N) is 1. The van der Waals surface area contributed by atoms with E-state index < -0.39 is 16.6 Å². The van der Waals surface area contributed by atoms with Crippen molar-refractivity contribution < 1.29 is 23.9 Å². The van der Waals surface area contributed by atoms with Crippen molar-refractivity contribution in [1.82, 2.24) is 0 Å². The summed E-state index contributed by atoms with van der Waals surface area (Å²) in [5.41, 5.74) is -0.350. The summed E-state index contributed by atoms with van der Waals surface area (Å²) < 4.78 is 15.5. The van der Waals surface area contributed by atoms with Crippen LogP contribution >= 0.6 is 15.9 Å². The monoisotopic (exact) mass is 359 g/mol. The molecule has 0 aliphatic carbocycles. The third-order valence-electron chi connectivity index (χ3n) is 2.48. The summed E-state index contributed by atoms with van der Waals surface area (Å²) in [5.74, 6) is -0.202. The first-order valence-electron chi connectivity index (χ1n) is 5.89. The van der Waals surface area contributed by atoms with Crippen LogP contribution in [0.2, 0.25) is 0 Å². The van der Waals surface area contributed by atoms with Gasteiger partial charge in [-0.3, -0.25) is 10.1 Å². The molecule has 0 saturated carbocycles. The Kier molecular flexibility index (Phi) is 6.16. The first-order valence-corrected chi connectivity index (χ1v) is 6.68. The van der Waals surface area contributed by atoms with Crippen molar-refractivity contribution in [3.05, 3.63) is 38.0 Å². The van der Waals surface area contributed by atoms with E-state index in [4.69, 9.17) is 9.47 Å². The number of methoxy groups -OCH3 is 2. The molecule has 0 fully saturated rings. The second kappa shape index (κ2) is 7.63. The number of carbonyl (C=O) groups is 1. The van der Waals surface area contributed by atoms with E-state index in [2.05, 4.69) is 20.7 Å². The summed E-state index contributed by atoms with van der Waals surface area (Å²) in [6, 6.07) is 3.11. The molecule has 0 N–H and O–H groups in total. The fraction of sp³-hybridized carbons (Fsp3) is 0.308. The van der Waals surface area contributed by atoms with Gasteiger partial charge in [0.25, 0.3) is 0 Å². The maximum atomic E-state index is 11.6. The van der Waals surface area contributed by atoms with Crippen LogP contribution in [0.15, 0.2) is 22.3 Å². The van der Waals surface area contributed by atoms with Gasteiger partial charge in [0.1, 0.15) is 11.5 Å². The zero-order chi connectivity index (χ0) is 16.0. The molecule has 0 bridgehead atoms. The predicted octanol–water partition coefficient (Wildman–Crippen LogP) is 2.65. The fourth-order valence-corrected chi connectivity index (χ4v) is 2.02. The van der Waals surface area contributed by atoms with E-state index in [-0.39, 0.29) is 6.61 Å². The van der Waals surface area contributed by atoms with Gasteiger partial charge in [0.15, 0.2) is 0 Å². The lowest BCUT2D eigenvalue weighted by Crippen LogP contribution is -2.14. The summed E-state index contributed by atoms with van der Waals surface area (Å²) >= 11 is 3.28. The first kappa shape index (κ1) is 17.0. The number of hydrogen-bond acceptors (Lipinski definition) is 6. The molecule has 1 aromatic carbocycles. The molecule has 0 spiro atoms. The number of carbonyl (C=O) groups excluding carboxylic acids is 1. The van der Waals surface area contributed by atoms with Crippen molar-refractivity contribution in [1.29, 1.82) is 0 Å². The summed E-state index contributed by atoms with van der Waals surface area (Å²) in [4.78, 5) is 21.8. The lowest BCUT2D eigenvalue weighted by Gasteiger charge is -2.09. The first-order chi connectivity index (χ1) is 9.94. The highest BCUT2D eigenvalue weighted by atomic mass is 79.9. The molecule has 0 heterocycles. The largest absolute Gasteiger partial charge is 0.496 e. The Hall–Kier alpha value is -2.09. The van der Waals surface area contributed by atoms with Gasteiger partial charge in [-0.15, -0.1) is 0 Å². The second-order valence-corrected chi connectivity index (χ2v) is 4.59. The molecule has 0 aromatic heterocycles. The van der Waals surface area contributed by atoms with Crippen LogP contribution in [0, 0.1) is 10.1 Å². The van der Waals surface area contributed by atoms with Gasteiger partial charge in [-0.2, -0.15) is 0 Å². The van der Waals surface area contributed by atoms with Crippen molar-refractivity contribution in [3.63, 3.8) is 0 Å². The summed E-state index contributed by atoms with van der Waals surface area (Å²) in [6.45, 7) is 1.61. The third kappa shape index (κ3) is 4.19. The SMILES string of the molecule is CCOC(=O)/C(=C\c1cc(OC)c(Br)cc1OC)[N+](=O)[O-]. The Morgan fingerprint density at radius 3 is 2.43 bits per heavy atom. The van der Waals surface area contributed by atoms with Crippen LogP contribution in [0.4, 0.5) is 0 Å². The van der Waals surface area contributed by atoms with E-state index in [0.717, 1.165) is 6.08 Å². The average molecular weight is 360 g/mol. The van der Waals surface area contributed by atoms with Gasteiger partial charge < -0.3 is 14.2 Å². The molecular formula is C13H14BrNO6. The molecule has 0 saturated heterocycles. The van der Waals surface area contributed by atoms with Gasteiger partial charge in [0.05, 0.1) is 30.2 Å². The molecule has 21 heavy (non-hydrogen) atoms. The summed E-state index contributed by atoms with van der Waals surface area (Å²) in [6.07, 6.45) is 1.09. The van der Waals surface area contributed by atoms with Gasteiger partial charge in [-0.25, -0.2) is 4.79 Å². The molecule has 0 aliphatic rings. The molecule has 7 nitrogen and oxygen atoms in total. The van der Waals surface area contributed by atoms with Crippen molar-refractivity contribution in [2.75, 3.05) is 20.8 Å². The molecular weight excluding hydrogens is 346 g/mol. The van der Waals surface area contributed by atoms with E-state index in [1.54, 1.807) is 13.0 Å². The van der Waals surface area contributed by atoms with Crippen molar-refractivity contribution >= 4 is 28.0 Å². The Labute approximate surface area is 129 Å². The van der Waals surface area contributed by atoms with Crippen molar-refractivity contribution in [3.8, 4) is 11.5 Å². The standard InChI is InChI=1S/C13H14BrNO6/c1-4-21-13(16)10(15(17)18)5-8-6-12(20-3)9(14)7-11(8)19-2/h5-7H,4H2,1-3H3/b10-5+. The minimum absolute atomic E-state index is 0.0464. The minimum Gasteiger partial charge on any atom is -0.496 e. The van der Waals surface area contributed by atoms with Crippen molar-refractivity contribution in [2.24, 2.45) is 0 Å². The highest BCUT2D eigenvalue weighted by Crippen LogP contribution is 2.34. The van der Waals surface area contributed by atoms with Gasteiger partial charge in [0, 0.05) is 11.6 Å². The molecule has 0 amide bonds. The predicted molar refractivity (Wildman–Crippen MR) is 78.9 cm³/mol. The highest BCUT2D eigenvalue weighted by molar-refractivity contribution is 9.10. The Bertz CT molecular complexity index is 584. The van der Waals surface area contributed by atoms with E-state index in [1.165, 1.54) is 20.3 Å². The average Bonchev–Trinajstić information content (AvgIpc) is 2.45. The Balaban J connectivity index is 3.38. The van der Waals surface area contributed by atoms with Gasteiger partial charge in [0.2, 0.25) is 0 Å². The number of nitro groups is 1. The van der Waals surface area contributed by atoms with Crippen LogP contribution in [0.5, 0.6) is 11.5 Å². The summed E-state index contributed by atoms with van der Waals surface area (Å²) in [7, 11) is 2.88. The van der Waals surface area contributed by atoms with E-state index in [1.807, 2.05) is 0 Å². The number of halogens is 1. The lowest BCUT2D eigenvalue weighted by atomic mass is 10.1. The van der Waals surface area contributed by atoms with Crippen LogP contribution in [0.3, 0.4) is 0 Å². The smallest absolute Gasteiger partial charge is 0.409 e. The van der Waals surface area contributed by atoms with Crippen LogP contribution < -0.4 is 9.47 Å². The Morgan fingerprint density at radius 1 is 1.33 bits per heavy atom. The minimum atomic E-state index is -1.01. The maximum absolute atomic E-state index is 11.6. The molecule has 8 heteroatoms. The topological polar surface area (TPSA) is 87.9 Å². The lowest BCUT2D eigenvalue weighted by molar-refractivity contribution is -0.419. The third-order valence-corrected chi connectivity index (χ3v) is 3.10. The van der Waals surface area contributed by atoms with Gasteiger partial charge >= 0.3 is 11.7 Å². The number of rotatable bonds is 6. The zero-order valence-corrected chi connectivity index (χ0v) is 13.3. The van der Waals surface area contributed by atoms with E-state index in [0.29, 0.717) is 21.5 Å². The van der Waals surface area contributed by atoms with Crippen molar-refractivity contribution in [2.45, 2.75) is 6.92 Å². The maximum Gasteiger partial charge on any atom is 0.409 e. The van der Waals surface area contributed by atoms with Gasteiger partial charge in [-0.1, -0.05) is 0 Å². The number of esters is 1. The summed E-state index contributed by atoms with van der Waals surface area (Å²) in [5, 5.41) is 11.0. The zero-order valence-electron chi connectivity index (χ0n) is 11.7. The van der Waals surface area contributed by atoms with Crippen LogP contribution in [-0.4, -0.2) is 31.7 Å². The molecule has 114 valence electrons. The van der Waals surface area contributed by atoms with Crippen LogP contribution in [-0.2, 0) is 9.53 Å². The normalized spacial score (nSPS) is 11.0. The van der Waals surface area contributed by atoms with Gasteiger partial charge in [-0.05, 0) is 35.0 Å². The van der Waals surface area contributed by atoms with E-state index in [9.17, 15) is 14.9 Å². The number of ether oxygens (including phenoxy) is 3. The molecule has 0 unspecified atom stereocenters. The van der Waals surface area contributed by atoms with Crippen LogP contribution in [0.25, 0.3) is 6.08 Å². The molecule has 0 radical (unpaired) electrons. The molecule has 1 aromatic rings. The second-order valence-electron chi connectivity index (χ2n) is 3.74. The fourth-order valence-electron chi connectivity index (χ4n) is 1.54. The van der Waals surface area contributed by atoms with E-state index >= 15 is 0 Å². The highest BCUT2D eigenvalue weighted by Gasteiger charge is 2.24. The quantitative estimate of drug-likeness (QED) is 0.335.